The number of nitrogens with one attached hydrogen (secondary N) is 2. The van der Waals surface area contributed by atoms with Crippen molar-refractivity contribution in [2.45, 2.75) is 50.7 Å². The van der Waals surface area contributed by atoms with Crippen LogP contribution < -0.4 is 15.4 Å². The molecule has 1 saturated carbocycles. The molecule has 2 amide bonds. The number of amides is 2. The van der Waals surface area contributed by atoms with Crippen molar-refractivity contribution in [2.24, 2.45) is 0 Å². The van der Waals surface area contributed by atoms with E-state index in [-0.39, 0.29) is 17.9 Å². The summed E-state index contributed by atoms with van der Waals surface area (Å²) in [4.78, 5) is 24.0. The Hall–Kier alpha value is -2.04. The van der Waals surface area contributed by atoms with Gasteiger partial charge in [0.1, 0.15) is 11.8 Å². The highest BCUT2D eigenvalue weighted by atomic mass is 16.5. The zero-order valence-corrected chi connectivity index (χ0v) is 12.6. The lowest BCUT2D eigenvalue weighted by Gasteiger charge is -2.22. The standard InChI is InChI=1S/C17H22N2O3/c20-16(19-15-9-4-10-18-17(15)21)12-5-3-8-14(11-12)22-13-6-1-2-7-13/h3,5,8,11,13,15H,1-2,4,6-7,9-10H2,(H,18,21)(H,19,20). The monoisotopic (exact) mass is 302 g/mol. The van der Waals surface area contributed by atoms with Crippen molar-refractivity contribution in [3.05, 3.63) is 29.8 Å². The summed E-state index contributed by atoms with van der Waals surface area (Å²) in [5, 5.41) is 5.57. The Morgan fingerprint density at radius 3 is 2.77 bits per heavy atom. The van der Waals surface area contributed by atoms with E-state index in [0.717, 1.165) is 25.0 Å². The molecule has 2 fully saturated rings. The topological polar surface area (TPSA) is 67.4 Å². The van der Waals surface area contributed by atoms with Gasteiger partial charge in [0.15, 0.2) is 0 Å². The normalized spacial score (nSPS) is 22.2. The van der Waals surface area contributed by atoms with Gasteiger partial charge in [-0.3, -0.25) is 9.59 Å². The fourth-order valence-electron chi connectivity index (χ4n) is 3.06. The number of benzene rings is 1. The van der Waals surface area contributed by atoms with Crippen LogP contribution in [0.1, 0.15) is 48.9 Å². The Balaban J connectivity index is 1.63. The second kappa shape index (κ2) is 6.81. The van der Waals surface area contributed by atoms with Gasteiger partial charge in [-0.05, 0) is 56.7 Å². The maximum absolute atomic E-state index is 12.3. The van der Waals surface area contributed by atoms with Gasteiger partial charge in [-0.15, -0.1) is 0 Å². The van der Waals surface area contributed by atoms with Gasteiger partial charge >= 0.3 is 0 Å². The van der Waals surface area contributed by atoms with E-state index in [9.17, 15) is 9.59 Å². The van der Waals surface area contributed by atoms with Crippen LogP contribution in [0.25, 0.3) is 0 Å². The Morgan fingerprint density at radius 1 is 1.18 bits per heavy atom. The zero-order chi connectivity index (χ0) is 15.4. The molecule has 2 aliphatic rings. The molecule has 22 heavy (non-hydrogen) atoms. The van der Waals surface area contributed by atoms with Gasteiger partial charge < -0.3 is 15.4 Å². The molecule has 1 heterocycles. The Bertz CT molecular complexity index is 553. The quantitative estimate of drug-likeness (QED) is 0.894. The molecule has 1 aliphatic heterocycles. The van der Waals surface area contributed by atoms with Crippen molar-refractivity contribution in [3.63, 3.8) is 0 Å². The van der Waals surface area contributed by atoms with Crippen LogP contribution in [0.2, 0.25) is 0 Å². The molecule has 0 bridgehead atoms. The third kappa shape index (κ3) is 3.59. The first kappa shape index (κ1) is 14.9. The van der Waals surface area contributed by atoms with Gasteiger partial charge in [-0.1, -0.05) is 6.07 Å². The number of ether oxygens (including phenoxy) is 1. The summed E-state index contributed by atoms with van der Waals surface area (Å²) in [6.45, 7) is 0.690. The first-order valence-corrected chi connectivity index (χ1v) is 8.08. The van der Waals surface area contributed by atoms with Crippen molar-refractivity contribution >= 4 is 11.8 Å². The predicted octanol–water partition coefficient (Wildman–Crippen LogP) is 2.02. The highest BCUT2D eigenvalue weighted by Crippen LogP contribution is 2.24. The van der Waals surface area contributed by atoms with E-state index in [2.05, 4.69) is 10.6 Å². The van der Waals surface area contributed by atoms with Gasteiger partial charge in [0.25, 0.3) is 5.91 Å². The number of hydrogen-bond donors (Lipinski definition) is 2. The number of rotatable bonds is 4. The van der Waals surface area contributed by atoms with E-state index in [0.29, 0.717) is 18.5 Å². The molecule has 0 spiro atoms. The molecule has 1 saturated heterocycles. The molecule has 1 atom stereocenters. The molecule has 118 valence electrons. The van der Waals surface area contributed by atoms with E-state index in [1.807, 2.05) is 12.1 Å². The van der Waals surface area contributed by atoms with Crippen molar-refractivity contribution in [2.75, 3.05) is 6.54 Å². The van der Waals surface area contributed by atoms with Gasteiger partial charge in [0.05, 0.1) is 6.10 Å². The van der Waals surface area contributed by atoms with Crippen LogP contribution in [0.5, 0.6) is 5.75 Å². The summed E-state index contributed by atoms with van der Waals surface area (Å²) in [7, 11) is 0. The van der Waals surface area contributed by atoms with Crippen LogP contribution in [0.3, 0.4) is 0 Å². The first-order valence-electron chi connectivity index (χ1n) is 8.08. The Morgan fingerprint density at radius 2 is 2.00 bits per heavy atom. The van der Waals surface area contributed by atoms with Gasteiger partial charge in [0.2, 0.25) is 5.91 Å². The molecule has 2 N–H and O–H groups in total. The second-order valence-electron chi connectivity index (χ2n) is 6.01. The van der Waals surface area contributed by atoms with Crippen LogP contribution in [0.15, 0.2) is 24.3 Å². The number of hydrogen-bond acceptors (Lipinski definition) is 3. The summed E-state index contributed by atoms with van der Waals surface area (Å²) >= 11 is 0. The predicted molar refractivity (Wildman–Crippen MR) is 82.8 cm³/mol. The SMILES string of the molecule is O=C(NC1CCCNC1=O)c1cccc(OC2CCCC2)c1. The minimum Gasteiger partial charge on any atom is -0.490 e. The Labute approximate surface area is 130 Å². The Kier molecular flexibility index (Phi) is 4.61. The van der Waals surface area contributed by atoms with Crippen LogP contribution in [-0.2, 0) is 4.79 Å². The highest BCUT2D eigenvalue weighted by Gasteiger charge is 2.24. The molecule has 1 aromatic carbocycles. The van der Waals surface area contributed by atoms with Crippen molar-refractivity contribution in [1.82, 2.24) is 10.6 Å². The molecule has 0 radical (unpaired) electrons. The summed E-state index contributed by atoms with van der Waals surface area (Å²) in [6.07, 6.45) is 6.43. The molecule has 5 heteroatoms. The average molecular weight is 302 g/mol. The molecule has 3 rings (SSSR count). The van der Waals surface area contributed by atoms with Crippen molar-refractivity contribution < 1.29 is 14.3 Å². The lowest BCUT2D eigenvalue weighted by Crippen LogP contribution is -2.50. The van der Waals surface area contributed by atoms with Crippen LogP contribution >= 0.6 is 0 Å². The van der Waals surface area contributed by atoms with E-state index in [4.69, 9.17) is 4.74 Å². The number of piperidine rings is 1. The minimum atomic E-state index is -0.430. The van der Waals surface area contributed by atoms with E-state index < -0.39 is 6.04 Å². The smallest absolute Gasteiger partial charge is 0.252 e. The maximum atomic E-state index is 12.3. The molecule has 5 nitrogen and oxygen atoms in total. The lowest BCUT2D eigenvalue weighted by atomic mass is 10.1. The third-order valence-electron chi connectivity index (χ3n) is 4.29. The van der Waals surface area contributed by atoms with Crippen molar-refractivity contribution in [1.29, 1.82) is 0 Å². The molecular formula is C17H22N2O3. The van der Waals surface area contributed by atoms with E-state index in [1.165, 1.54) is 12.8 Å². The summed E-state index contributed by atoms with van der Waals surface area (Å²) < 4.78 is 5.92. The fraction of sp³-hybridized carbons (Fsp3) is 0.529. The van der Waals surface area contributed by atoms with Crippen molar-refractivity contribution in [3.8, 4) is 5.75 Å². The lowest BCUT2D eigenvalue weighted by molar-refractivity contribution is -0.124. The maximum Gasteiger partial charge on any atom is 0.252 e. The molecule has 1 aromatic rings. The van der Waals surface area contributed by atoms with Gasteiger partial charge in [0, 0.05) is 12.1 Å². The minimum absolute atomic E-state index is 0.0991. The van der Waals surface area contributed by atoms with Gasteiger partial charge in [-0.2, -0.15) is 0 Å². The largest absolute Gasteiger partial charge is 0.490 e. The fourth-order valence-corrected chi connectivity index (χ4v) is 3.06. The number of carbonyl (C=O) groups is 2. The third-order valence-corrected chi connectivity index (χ3v) is 4.29. The summed E-state index contributed by atoms with van der Waals surface area (Å²) in [5.41, 5.74) is 0.536. The molecule has 1 unspecified atom stereocenters. The van der Waals surface area contributed by atoms with E-state index >= 15 is 0 Å². The van der Waals surface area contributed by atoms with Gasteiger partial charge in [-0.25, -0.2) is 0 Å². The zero-order valence-electron chi connectivity index (χ0n) is 12.6. The number of carbonyl (C=O) groups excluding carboxylic acids is 2. The first-order chi connectivity index (χ1) is 10.7. The molecule has 1 aliphatic carbocycles. The van der Waals surface area contributed by atoms with Crippen LogP contribution in [0.4, 0.5) is 0 Å². The molecule has 0 aromatic heterocycles. The molecular weight excluding hydrogens is 280 g/mol. The summed E-state index contributed by atoms with van der Waals surface area (Å²) in [5.74, 6) is 0.407. The summed E-state index contributed by atoms with van der Waals surface area (Å²) in [6, 6.07) is 6.77. The van der Waals surface area contributed by atoms with Crippen LogP contribution in [0, 0.1) is 0 Å². The second-order valence-corrected chi connectivity index (χ2v) is 6.01. The average Bonchev–Trinajstić information content (AvgIpc) is 3.03. The highest BCUT2D eigenvalue weighted by molar-refractivity contribution is 5.97. The van der Waals surface area contributed by atoms with Crippen LogP contribution in [-0.4, -0.2) is 30.5 Å². The van der Waals surface area contributed by atoms with E-state index in [1.54, 1.807) is 12.1 Å².